The van der Waals surface area contributed by atoms with Gasteiger partial charge in [0.25, 0.3) is 0 Å². The Kier molecular flexibility index (Phi) is 4.78. The van der Waals surface area contributed by atoms with E-state index in [0.29, 0.717) is 5.57 Å². The standard InChI is InChI=1S/C9H13NO3/c1-6(2)9(11)13-8(4)12-7(3)5-10/h7-8H,1H2,2-4H3. The fraction of sp³-hybridized carbons (Fsp3) is 0.556. The van der Waals surface area contributed by atoms with E-state index in [4.69, 9.17) is 14.7 Å². The highest BCUT2D eigenvalue weighted by molar-refractivity contribution is 5.86. The summed E-state index contributed by atoms with van der Waals surface area (Å²) in [6.45, 7) is 8.08. The van der Waals surface area contributed by atoms with Gasteiger partial charge in [0.2, 0.25) is 6.29 Å². The van der Waals surface area contributed by atoms with Crippen LogP contribution in [0.25, 0.3) is 0 Å². The number of hydrogen-bond acceptors (Lipinski definition) is 4. The SMILES string of the molecule is C=C(C)C(=O)OC(C)OC(C)C#N. The molecule has 0 aromatic heterocycles. The Bertz CT molecular complexity index is 242. The molecule has 0 spiro atoms. The molecule has 0 aliphatic rings. The van der Waals surface area contributed by atoms with E-state index in [-0.39, 0.29) is 0 Å². The first-order valence-corrected chi connectivity index (χ1v) is 3.89. The number of nitriles is 1. The second-order valence-corrected chi connectivity index (χ2v) is 2.66. The molecule has 0 rings (SSSR count). The van der Waals surface area contributed by atoms with Gasteiger partial charge in [0, 0.05) is 5.57 Å². The molecule has 0 bridgehead atoms. The third-order valence-electron chi connectivity index (χ3n) is 1.20. The number of nitrogens with zero attached hydrogens (tertiary/aromatic N) is 1. The largest absolute Gasteiger partial charge is 0.433 e. The van der Waals surface area contributed by atoms with E-state index in [1.165, 1.54) is 0 Å². The zero-order valence-corrected chi connectivity index (χ0v) is 8.03. The van der Waals surface area contributed by atoms with E-state index in [9.17, 15) is 4.79 Å². The number of rotatable bonds is 4. The lowest BCUT2D eigenvalue weighted by molar-refractivity contribution is -0.174. The van der Waals surface area contributed by atoms with E-state index >= 15 is 0 Å². The lowest BCUT2D eigenvalue weighted by Gasteiger charge is -2.14. The summed E-state index contributed by atoms with van der Waals surface area (Å²) in [6.07, 6.45) is -1.31. The summed E-state index contributed by atoms with van der Waals surface area (Å²) in [5.41, 5.74) is 0.306. The minimum absolute atomic E-state index is 0.306. The molecule has 0 fully saturated rings. The highest BCUT2D eigenvalue weighted by Gasteiger charge is 2.12. The zero-order chi connectivity index (χ0) is 10.4. The van der Waals surface area contributed by atoms with Gasteiger partial charge < -0.3 is 9.47 Å². The van der Waals surface area contributed by atoms with Crippen LogP contribution >= 0.6 is 0 Å². The van der Waals surface area contributed by atoms with Gasteiger partial charge in [-0.05, 0) is 20.8 Å². The van der Waals surface area contributed by atoms with E-state index in [0.717, 1.165) is 0 Å². The molecule has 0 amide bonds. The molecule has 0 radical (unpaired) electrons. The maximum absolute atomic E-state index is 10.9. The van der Waals surface area contributed by atoms with Crippen molar-refractivity contribution in [2.75, 3.05) is 0 Å². The predicted molar refractivity (Wildman–Crippen MR) is 46.5 cm³/mol. The molecular weight excluding hydrogens is 170 g/mol. The van der Waals surface area contributed by atoms with E-state index in [2.05, 4.69) is 6.58 Å². The quantitative estimate of drug-likeness (QED) is 0.375. The average molecular weight is 183 g/mol. The van der Waals surface area contributed by atoms with Gasteiger partial charge in [-0.25, -0.2) is 4.79 Å². The van der Waals surface area contributed by atoms with Gasteiger partial charge in [0.05, 0.1) is 6.07 Å². The summed E-state index contributed by atoms with van der Waals surface area (Å²) >= 11 is 0. The van der Waals surface area contributed by atoms with Gasteiger partial charge in [0.15, 0.2) is 0 Å². The topological polar surface area (TPSA) is 59.3 Å². The number of ether oxygens (including phenoxy) is 2. The van der Waals surface area contributed by atoms with Gasteiger partial charge >= 0.3 is 5.97 Å². The van der Waals surface area contributed by atoms with Gasteiger partial charge in [-0.1, -0.05) is 6.58 Å². The summed E-state index contributed by atoms with van der Waals surface area (Å²) in [6, 6.07) is 1.86. The van der Waals surface area contributed by atoms with Crippen LogP contribution in [0.5, 0.6) is 0 Å². The van der Waals surface area contributed by atoms with Crippen LogP contribution in [0, 0.1) is 11.3 Å². The summed E-state index contributed by atoms with van der Waals surface area (Å²) < 4.78 is 9.75. The molecule has 0 aromatic carbocycles. The molecule has 4 nitrogen and oxygen atoms in total. The number of carbonyl (C=O) groups excluding carboxylic acids is 1. The van der Waals surface area contributed by atoms with Crippen LogP contribution in [0.15, 0.2) is 12.2 Å². The van der Waals surface area contributed by atoms with Crippen molar-refractivity contribution in [2.24, 2.45) is 0 Å². The fourth-order valence-corrected chi connectivity index (χ4v) is 0.597. The molecule has 13 heavy (non-hydrogen) atoms. The third-order valence-corrected chi connectivity index (χ3v) is 1.20. The summed E-state index contributed by atoms with van der Waals surface area (Å²) in [4.78, 5) is 10.9. The predicted octanol–water partition coefficient (Wildman–Crippen LogP) is 1.38. The molecule has 0 saturated carbocycles. The molecule has 2 atom stereocenters. The van der Waals surface area contributed by atoms with Crippen molar-refractivity contribution < 1.29 is 14.3 Å². The Hall–Kier alpha value is -1.34. The van der Waals surface area contributed by atoms with Crippen molar-refractivity contribution in [3.8, 4) is 6.07 Å². The summed E-state index contributed by atoms with van der Waals surface area (Å²) in [5.74, 6) is -0.516. The number of carbonyl (C=O) groups is 1. The Morgan fingerprint density at radius 2 is 2.08 bits per heavy atom. The highest BCUT2D eigenvalue weighted by Crippen LogP contribution is 2.02. The lowest BCUT2D eigenvalue weighted by atomic mass is 10.4. The second kappa shape index (κ2) is 5.33. The van der Waals surface area contributed by atoms with Crippen molar-refractivity contribution in [3.63, 3.8) is 0 Å². The minimum atomic E-state index is -0.723. The molecule has 4 heteroatoms. The Balaban J connectivity index is 3.89. The number of hydrogen-bond donors (Lipinski definition) is 0. The first kappa shape index (κ1) is 11.7. The van der Waals surface area contributed by atoms with Crippen LogP contribution in [0.3, 0.4) is 0 Å². The summed E-state index contributed by atoms with van der Waals surface area (Å²) in [5, 5.41) is 8.39. The number of esters is 1. The summed E-state index contributed by atoms with van der Waals surface area (Å²) in [7, 11) is 0. The molecule has 0 N–H and O–H groups in total. The maximum Gasteiger partial charge on any atom is 0.335 e. The van der Waals surface area contributed by atoms with E-state index in [1.807, 2.05) is 6.07 Å². The van der Waals surface area contributed by atoms with Crippen LogP contribution in [0.1, 0.15) is 20.8 Å². The fourth-order valence-electron chi connectivity index (χ4n) is 0.597. The smallest absolute Gasteiger partial charge is 0.335 e. The molecular formula is C9H13NO3. The Labute approximate surface area is 77.8 Å². The van der Waals surface area contributed by atoms with Crippen LogP contribution in [0.4, 0.5) is 0 Å². The monoisotopic (exact) mass is 183 g/mol. The van der Waals surface area contributed by atoms with Crippen molar-refractivity contribution in [3.05, 3.63) is 12.2 Å². The zero-order valence-electron chi connectivity index (χ0n) is 8.03. The van der Waals surface area contributed by atoms with Gasteiger partial charge in [-0.2, -0.15) is 5.26 Å². The molecule has 0 aliphatic carbocycles. The second-order valence-electron chi connectivity index (χ2n) is 2.66. The van der Waals surface area contributed by atoms with Gasteiger partial charge in [0.1, 0.15) is 6.10 Å². The van der Waals surface area contributed by atoms with Crippen molar-refractivity contribution in [2.45, 2.75) is 33.2 Å². The van der Waals surface area contributed by atoms with Crippen molar-refractivity contribution in [1.82, 2.24) is 0 Å². The molecule has 0 aromatic rings. The highest BCUT2D eigenvalue weighted by atomic mass is 16.7. The van der Waals surface area contributed by atoms with Crippen LogP contribution in [0.2, 0.25) is 0 Å². The normalized spacial score (nSPS) is 14.0. The molecule has 2 unspecified atom stereocenters. The molecule has 0 saturated heterocycles. The van der Waals surface area contributed by atoms with E-state index < -0.39 is 18.4 Å². The van der Waals surface area contributed by atoms with Crippen LogP contribution in [-0.4, -0.2) is 18.4 Å². The van der Waals surface area contributed by atoms with Crippen molar-refractivity contribution in [1.29, 1.82) is 5.26 Å². The maximum atomic E-state index is 10.9. The molecule has 0 aliphatic heterocycles. The van der Waals surface area contributed by atoms with Crippen LogP contribution in [-0.2, 0) is 14.3 Å². The molecule has 0 heterocycles. The third kappa shape index (κ3) is 4.99. The first-order valence-electron chi connectivity index (χ1n) is 3.89. The first-order chi connectivity index (χ1) is 5.97. The average Bonchev–Trinajstić information content (AvgIpc) is 2.03. The van der Waals surface area contributed by atoms with E-state index in [1.54, 1.807) is 20.8 Å². The lowest BCUT2D eigenvalue weighted by Crippen LogP contribution is -2.22. The van der Waals surface area contributed by atoms with Gasteiger partial charge in [-0.3, -0.25) is 0 Å². The van der Waals surface area contributed by atoms with Crippen molar-refractivity contribution >= 4 is 5.97 Å². The minimum Gasteiger partial charge on any atom is -0.433 e. The Morgan fingerprint density at radius 3 is 2.46 bits per heavy atom. The van der Waals surface area contributed by atoms with Crippen LogP contribution < -0.4 is 0 Å². The molecule has 72 valence electrons. The Morgan fingerprint density at radius 1 is 1.54 bits per heavy atom. The van der Waals surface area contributed by atoms with Gasteiger partial charge in [-0.15, -0.1) is 0 Å².